The minimum atomic E-state index is -0.508. The number of amides is 2. The van der Waals surface area contributed by atoms with E-state index < -0.39 is 11.7 Å². The van der Waals surface area contributed by atoms with Crippen molar-refractivity contribution in [3.05, 3.63) is 40.7 Å². The van der Waals surface area contributed by atoms with Crippen LogP contribution < -0.4 is 10.2 Å². The van der Waals surface area contributed by atoms with E-state index in [4.69, 9.17) is 0 Å². The van der Waals surface area contributed by atoms with E-state index in [2.05, 4.69) is 10.3 Å². The van der Waals surface area contributed by atoms with Crippen molar-refractivity contribution in [2.24, 2.45) is 5.92 Å². The summed E-state index contributed by atoms with van der Waals surface area (Å²) in [6, 6.07) is 6.08. The molecule has 1 aromatic heterocycles. The third-order valence-electron chi connectivity index (χ3n) is 3.90. The van der Waals surface area contributed by atoms with Gasteiger partial charge in [0.15, 0.2) is 5.13 Å². The van der Waals surface area contributed by atoms with Gasteiger partial charge in [-0.2, -0.15) is 0 Å². The molecule has 0 unspecified atom stereocenters. The third kappa shape index (κ3) is 3.10. The van der Waals surface area contributed by atoms with Crippen molar-refractivity contribution in [2.75, 3.05) is 16.8 Å². The maximum Gasteiger partial charge on any atom is 0.231 e. The lowest BCUT2D eigenvalue weighted by Gasteiger charge is -2.17. The molecule has 0 saturated carbocycles. The molecule has 0 spiro atoms. The zero-order valence-electron chi connectivity index (χ0n) is 12.8. The summed E-state index contributed by atoms with van der Waals surface area (Å²) in [5.74, 6) is -1.48. The molecule has 120 valence electrons. The van der Waals surface area contributed by atoms with Crippen molar-refractivity contribution in [3.8, 4) is 0 Å². The van der Waals surface area contributed by atoms with Gasteiger partial charge in [-0.15, -0.1) is 11.3 Å². The van der Waals surface area contributed by atoms with Gasteiger partial charge in [0.1, 0.15) is 5.82 Å². The van der Waals surface area contributed by atoms with Gasteiger partial charge in [-0.05, 0) is 26.0 Å². The lowest BCUT2D eigenvalue weighted by atomic mass is 10.1. The Morgan fingerprint density at radius 1 is 1.39 bits per heavy atom. The van der Waals surface area contributed by atoms with Gasteiger partial charge >= 0.3 is 0 Å². The quantitative estimate of drug-likeness (QED) is 0.939. The summed E-state index contributed by atoms with van der Waals surface area (Å²) in [4.78, 5) is 31.1. The zero-order valence-corrected chi connectivity index (χ0v) is 13.6. The van der Waals surface area contributed by atoms with Crippen LogP contribution in [0.4, 0.5) is 15.2 Å². The maximum absolute atomic E-state index is 13.8. The number of carbonyl (C=O) groups is 2. The Labute approximate surface area is 137 Å². The highest BCUT2D eigenvalue weighted by Crippen LogP contribution is 2.28. The molecule has 1 N–H and O–H groups in total. The molecule has 1 saturated heterocycles. The number of hydrogen-bond acceptors (Lipinski definition) is 4. The average Bonchev–Trinajstić information content (AvgIpc) is 3.03. The van der Waals surface area contributed by atoms with Gasteiger partial charge in [0.2, 0.25) is 11.8 Å². The fraction of sp³-hybridized carbons (Fsp3) is 0.312. The van der Waals surface area contributed by atoms with Crippen molar-refractivity contribution in [1.82, 2.24) is 4.98 Å². The van der Waals surface area contributed by atoms with E-state index in [1.165, 1.54) is 22.3 Å². The summed E-state index contributed by atoms with van der Waals surface area (Å²) >= 11 is 1.40. The van der Waals surface area contributed by atoms with Crippen LogP contribution >= 0.6 is 11.3 Å². The molecule has 3 rings (SSSR count). The number of aromatic nitrogens is 1. The van der Waals surface area contributed by atoms with Gasteiger partial charge in [0.05, 0.1) is 17.3 Å². The molecule has 0 radical (unpaired) electrons. The second kappa shape index (κ2) is 6.08. The molecular formula is C16H16FN3O2S. The molecule has 1 atom stereocenters. The first-order valence-corrected chi connectivity index (χ1v) is 8.07. The molecule has 2 heterocycles. The van der Waals surface area contributed by atoms with E-state index in [0.29, 0.717) is 5.13 Å². The third-order valence-corrected chi connectivity index (χ3v) is 4.89. The number of nitrogens with one attached hydrogen (secondary N) is 1. The summed E-state index contributed by atoms with van der Waals surface area (Å²) in [5, 5.41) is 3.28. The normalized spacial score (nSPS) is 17.6. The van der Waals surface area contributed by atoms with Gasteiger partial charge in [-0.25, -0.2) is 9.37 Å². The molecule has 1 aliphatic rings. The molecule has 0 aliphatic carbocycles. The first-order valence-electron chi connectivity index (χ1n) is 7.25. The molecule has 5 nitrogen and oxygen atoms in total. The molecular weight excluding hydrogens is 317 g/mol. The van der Waals surface area contributed by atoms with E-state index in [0.717, 1.165) is 10.6 Å². The van der Waals surface area contributed by atoms with E-state index >= 15 is 0 Å². The van der Waals surface area contributed by atoms with E-state index in [1.807, 2.05) is 13.8 Å². The van der Waals surface area contributed by atoms with Crippen LogP contribution in [0.2, 0.25) is 0 Å². The molecule has 7 heteroatoms. The molecule has 2 aromatic rings. The summed E-state index contributed by atoms with van der Waals surface area (Å²) in [5.41, 5.74) is 1.09. The number of rotatable bonds is 3. The van der Waals surface area contributed by atoms with Crippen molar-refractivity contribution < 1.29 is 14.0 Å². The Morgan fingerprint density at radius 3 is 2.78 bits per heavy atom. The van der Waals surface area contributed by atoms with E-state index in [1.54, 1.807) is 18.2 Å². The van der Waals surface area contributed by atoms with Gasteiger partial charge < -0.3 is 10.2 Å². The van der Waals surface area contributed by atoms with Gasteiger partial charge in [0, 0.05) is 17.8 Å². The number of nitrogens with zero attached hydrogens (tertiary/aromatic N) is 2. The minimum Gasteiger partial charge on any atom is -0.309 e. The summed E-state index contributed by atoms with van der Waals surface area (Å²) < 4.78 is 13.8. The number of aryl methyl sites for hydroxylation is 2. The first kappa shape index (κ1) is 15.6. The molecule has 2 amide bonds. The van der Waals surface area contributed by atoms with Crippen LogP contribution in [0.1, 0.15) is 17.0 Å². The number of halogens is 1. The monoisotopic (exact) mass is 333 g/mol. The second-order valence-corrected chi connectivity index (χ2v) is 6.71. The fourth-order valence-electron chi connectivity index (χ4n) is 2.52. The lowest BCUT2D eigenvalue weighted by Crippen LogP contribution is -2.28. The van der Waals surface area contributed by atoms with Crippen molar-refractivity contribution in [1.29, 1.82) is 0 Å². The highest BCUT2D eigenvalue weighted by molar-refractivity contribution is 7.15. The van der Waals surface area contributed by atoms with Crippen LogP contribution in [-0.2, 0) is 9.59 Å². The SMILES string of the molecule is Cc1nc(NC(=O)[C@@H]2CC(=O)N(c3ccccc3F)C2)sc1C. The molecule has 23 heavy (non-hydrogen) atoms. The standard InChI is InChI=1S/C16H16FN3O2S/c1-9-10(2)23-16(18-9)19-15(22)11-7-14(21)20(8-11)13-6-4-3-5-12(13)17/h3-6,11H,7-8H2,1-2H3,(H,18,19,22)/t11-/m1/s1. The molecule has 1 aromatic carbocycles. The predicted molar refractivity (Wildman–Crippen MR) is 87.1 cm³/mol. The smallest absolute Gasteiger partial charge is 0.231 e. The van der Waals surface area contributed by atoms with E-state index in [9.17, 15) is 14.0 Å². The second-order valence-electron chi connectivity index (χ2n) is 5.51. The first-order chi connectivity index (χ1) is 11.0. The number of thiazole rings is 1. The van der Waals surface area contributed by atoms with Crippen LogP contribution in [-0.4, -0.2) is 23.3 Å². The minimum absolute atomic E-state index is 0.0729. The Balaban J connectivity index is 1.72. The van der Waals surface area contributed by atoms with Crippen molar-refractivity contribution in [3.63, 3.8) is 0 Å². The van der Waals surface area contributed by atoms with Gasteiger partial charge in [0.25, 0.3) is 0 Å². The lowest BCUT2D eigenvalue weighted by molar-refractivity contribution is -0.122. The maximum atomic E-state index is 13.8. The number of carbonyl (C=O) groups excluding carboxylic acids is 2. The number of benzene rings is 1. The van der Waals surface area contributed by atoms with Gasteiger partial charge in [-0.3, -0.25) is 9.59 Å². The molecule has 1 fully saturated rings. The van der Waals surface area contributed by atoms with Crippen LogP contribution in [0.5, 0.6) is 0 Å². The van der Waals surface area contributed by atoms with Crippen molar-refractivity contribution in [2.45, 2.75) is 20.3 Å². The fourth-order valence-corrected chi connectivity index (χ4v) is 3.34. The Hall–Kier alpha value is -2.28. The highest BCUT2D eigenvalue weighted by Gasteiger charge is 2.36. The van der Waals surface area contributed by atoms with Gasteiger partial charge in [-0.1, -0.05) is 12.1 Å². The van der Waals surface area contributed by atoms with Crippen LogP contribution in [0.25, 0.3) is 0 Å². The Bertz CT molecular complexity index is 755. The van der Waals surface area contributed by atoms with E-state index in [-0.39, 0.29) is 30.5 Å². The average molecular weight is 333 g/mol. The Kier molecular flexibility index (Phi) is 4.12. The highest BCUT2D eigenvalue weighted by atomic mass is 32.1. The van der Waals surface area contributed by atoms with Crippen LogP contribution in [0, 0.1) is 25.6 Å². The zero-order chi connectivity index (χ0) is 16.6. The topological polar surface area (TPSA) is 62.3 Å². The number of anilines is 2. The number of hydrogen-bond donors (Lipinski definition) is 1. The summed E-state index contributed by atoms with van der Waals surface area (Å²) in [6.07, 6.45) is 0.0729. The Morgan fingerprint density at radius 2 is 2.13 bits per heavy atom. The van der Waals surface area contributed by atoms with Crippen molar-refractivity contribution >= 4 is 34.0 Å². The molecule has 1 aliphatic heterocycles. The summed E-state index contributed by atoms with van der Waals surface area (Å²) in [7, 11) is 0. The number of para-hydroxylation sites is 1. The van der Waals surface area contributed by atoms with Crippen LogP contribution in [0.3, 0.4) is 0 Å². The molecule has 0 bridgehead atoms. The summed E-state index contributed by atoms with van der Waals surface area (Å²) in [6.45, 7) is 3.98. The van der Waals surface area contributed by atoms with Crippen LogP contribution in [0.15, 0.2) is 24.3 Å². The largest absolute Gasteiger partial charge is 0.309 e. The predicted octanol–water partition coefficient (Wildman–Crippen LogP) is 2.89.